The second-order valence-corrected chi connectivity index (χ2v) is 4.28. The van der Waals surface area contributed by atoms with Crippen molar-refractivity contribution in [1.82, 2.24) is 0 Å². The van der Waals surface area contributed by atoms with Crippen LogP contribution in [0.4, 0.5) is 0 Å². The Balaban J connectivity index is 2.14. The van der Waals surface area contributed by atoms with Gasteiger partial charge in [-0.2, -0.15) is 0 Å². The van der Waals surface area contributed by atoms with Gasteiger partial charge in [-0.15, -0.1) is 0 Å². The second-order valence-electron chi connectivity index (χ2n) is 4.28. The van der Waals surface area contributed by atoms with Crippen LogP contribution >= 0.6 is 0 Å². The number of carboxylic acid groups (broad SMARTS) is 1. The van der Waals surface area contributed by atoms with Crippen molar-refractivity contribution in [2.24, 2.45) is 0 Å². The van der Waals surface area contributed by atoms with Crippen LogP contribution in [0.15, 0.2) is 30.4 Å². The van der Waals surface area contributed by atoms with E-state index in [0.29, 0.717) is 11.7 Å². The van der Waals surface area contributed by atoms with E-state index in [9.17, 15) is 4.79 Å². The maximum absolute atomic E-state index is 11.1. The molecule has 3 rings (SSSR count). The van der Waals surface area contributed by atoms with Gasteiger partial charge in [0.1, 0.15) is 17.4 Å². The van der Waals surface area contributed by atoms with Crippen molar-refractivity contribution in [3.05, 3.63) is 41.5 Å². The number of fused-ring (bicyclic) bond motifs is 4. The molecule has 0 amide bonds. The Kier molecular flexibility index (Phi) is 1.99. The van der Waals surface area contributed by atoms with Gasteiger partial charge >= 0.3 is 5.97 Å². The fraction of sp³-hybridized carbons (Fsp3) is 0.308. The molecular weight excluding hydrogens is 204 g/mol. The molecule has 3 nitrogen and oxygen atoms in total. The number of para-hydroxylation sites is 1. The molecule has 2 atom stereocenters. The number of hydrogen-bond donors (Lipinski definition) is 1. The molecule has 1 heterocycles. The van der Waals surface area contributed by atoms with Crippen LogP contribution in [-0.2, 0) is 0 Å². The second kappa shape index (κ2) is 3.37. The maximum atomic E-state index is 11.1. The Labute approximate surface area is 93.4 Å². The smallest absolute Gasteiger partial charge is 0.339 e. The molecule has 82 valence electrons. The lowest BCUT2D eigenvalue weighted by molar-refractivity contribution is 0.0687. The quantitative estimate of drug-likeness (QED) is 0.734. The lowest BCUT2D eigenvalue weighted by atomic mass is 9.83. The van der Waals surface area contributed by atoms with Crippen LogP contribution in [0.2, 0.25) is 0 Å². The minimum absolute atomic E-state index is 0.0479. The summed E-state index contributed by atoms with van der Waals surface area (Å²) in [5.41, 5.74) is 1.32. The lowest BCUT2D eigenvalue weighted by Crippen LogP contribution is -2.27. The summed E-state index contributed by atoms with van der Waals surface area (Å²) in [4.78, 5) is 11.1. The largest absolute Gasteiger partial charge is 0.485 e. The topological polar surface area (TPSA) is 46.5 Å². The van der Waals surface area contributed by atoms with Crippen LogP contribution in [0.25, 0.3) is 0 Å². The van der Waals surface area contributed by atoms with E-state index < -0.39 is 5.97 Å². The predicted octanol–water partition coefficient (Wildman–Crippen LogP) is 2.58. The molecule has 0 spiro atoms. The minimum Gasteiger partial charge on any atom is -0.485 e. The van der Waals surface area contributed by atoms with Crippen LogP contribution in [0.5, 0.6) is 5.75 Å². The van der Waals surface area contributed by atoms with Crippen molar-refractivity contribution >= 4 is 5.97 Å². The van der Waals surface area contributed by atoms with Gasteiger partial charge in [0.2, 0.25) is 0 Å². The van der Waals surface area contributed by atoms with E-state index in [1.165, 1.54) is 0 Å². The highest BCUT2D eigenvalue weighted by molar-refractivity contribution is 5.91. The number of rotatable bonds is 1. The zero-order valence-corrected chi connectivity index (χ0v) is 8.72. The third-order valence-electron chi connectivity index (χ3n) is 3.27. The monoisotopic (exact) mass is 216 g/mol. The standard InChI is InChI=1S/C13H12O3/c14-13(15)11-6-2-5-10-8-3-1-4-9(7-8)16-12(10)11/h1-2,4-6,8-9H,3,7H2,(H,14,15). The van der Waals surface area contributed by atoms with Gasteiger partial charge < -0.3 is 9.84 Å². The molecule has 2 unspecified atom stereocenters. The highest BCUT2D eigenvalue weighted by Crippen LogP contribution is 2.42. The molecule has 0 saturated heterocycles. The van der Waals surface area contributed by atoms with Crippen LogP contribution in [-0.4, -0.2) is 17.2 Å². The summed E-state index contributed by atoms with van der Waals surface area (Å²) in [6, 6.07) is 5.37. The van der Waals surface area contributed by atoms with Crippen LogP contribution in [0, 0.1) is 0 Å². The first-order valence-electron chi connectivity index (χ1n) is 5.45. The summed E-state index contributed by atoms with van der Waals surface area (Å²) in [7, 11) is 0. The molecule has 16 heavy (non-hydrogen) atoms. The van der Waals surface area contributed by atoms with Crippen molar-refractivity contribution in [2.45, 2.75) is 24.9 Å². The van der Waals surface area contributed by atoms with E-state index in [0.717, 1.165) is 18.4 Å². The van der Waals surface area contributed by atoms with Gasteiger partial charge in [0.05, 0.1) is 0 Å². The molecule has 1 aromatic carbocycles. The molecule has 0 fully saturated rings. The molecule has 2 bridgehead atoms. The summed E-state index contributed by atoms with van der Waals surface area (Å²) in [6.07, 6.45) is 6.14. The molecule has 1 aromatic rings. The number of ether oxygens (including phenoxy) is 1. The van der Waals surface area contributed by atoms with E-state index in [-0.39, 0.29) is 11.7 Å². The Morgan fingerprint density at radius 3 is 3.12 bits per heavy atom. The fourth-order valence-electron chi connectivity index (χ4n) is 2.52. The van der Waals surface area contributed by atoms with Gasteiger partial charge in [0.25, 0.3) is 0 Å². The molecule has 0 radical (unpaired) electrons. The highest BCUT2D eigenvalue weighted by atomic mass is 16.5. The average molecular weight is 216 g/mol. The highest BCUT2D eigenvalue weighted by Gasteiger charge is 2.31. The van der Waals surface area contributed by atoms with E-state index in [2.05, 4.69) is 6.08 Å². The van der Waals surface area contributed by atoms with E-state index in [1.54, 1.807) is 12.1 Å². The zero-order valence-electron chi connectivity index (χ0n) is 8.72. The van der Waals surface area contributed by atoms with Gasteiger partial charge in [-0.05, 0) is 36.5 Å². The summed E-state index contributed by atoms with van der Waals surface area (Å²) >= 11 is 0. The molecule has 0 aromatic heterocycles. The van der Waals surface area contributed by atoms with Gasteiger partial charge in [0.15, 0.2) is 0 Å². The first kappa shape index (κ1) is 9.46. The Morgan fingerprint density at radius 1 is 1.44 bits per heavy atom. The minimum atomic E-state index is -0.916. The molecule has 1 aliphatic heterocycles. The van der Waals surface area contributed by atoms with Crippen molar-refractivity contribution in [3.8, 4) is 5.75 Å². The Morgan fingerprint density at radius 2 is 2.31 bits per heavy atom. The molecule has 3 heteroatoms. The van der Waals surface area contributed by atoms with Gasteiger partial charge in [-0.1, -0.05) is 18.2 Å². The molecule has 1 N–H and O–H groups in total. The first-order valence-corrected chi connectivity index (χ1v) is 5.45. The van der Waals surface area contributed by atoms with E-state index in [1.807, 2.05) is 12.1 Å². The van der Waals surface area contributed by atoms with Crippen molar-refractivity contribution in [2.75, 3.05) is 0 Å². The van der Waals surface area contributed by atoms with Gasteiger partial charge in [-0.25, -0.2) is 4.79 Å². The number of aromatic carboxylic acids is 1. The fourth-order valence-corrected chi connectivity index (χ4v) is 2.52. The van der Waals surface area contributed by atoms with Gasteiger partial charge in [-0.3, -0.25) is 0 Å². The Hall–Kier alpha value is -1.77. The number of carboxylic acids is 1. The molecule has 0 saturated carbocycles. The van der Waals surface area contributed by atoms with Crippen molar-refractivity contribution in [1.29, 1.82) is 0 Å². The van der Waals surface area contributed by atoms with E-state index >= 15 is 0 Å². The number of allylic oxidation sites excluding steroid dienone is 1. The molecule has 2 aliphatic rings. The molecular formula is C13H12O3. The zero-order chi connectivity index (χ0) is 11.1. The third kappa shape index (κ3) is 1.32. The van der Waals surface area contributed by atoms with Crippen molar-refractivity contribution in [3.63, 3.8) is 0 Å². The number of carbonyl (C=O) groups is 1. The van der Waals surface area contributed by atoms with Crippen LogP contribution < -0.4 is 4.74 Å². The third-order valence-corrected chi connectivity index (χ3v) is 3.27. The normalized spacial score (nSPS) is 25.8. The van der Waals surface area contributed by atoms with Crippen LogP contribution in [0.1, 0.15) is 34.7 Å². The SMILES string of the molecule is O=C(O)c1cccc2c1OC1C=CCC2C1. The molecule has 1 aliphatic carbocycles. The maximum Gasteiger partial charge on any atom is 0.339 e. The summed E-state index contributed by atoms with van der Waals surface area (Å²) in [5, 5.41) is 9.11. The summed E-state index contributed by atoms with van der Waals surface area (Å²) < 4.78 is 5.73. The van der Waals surface area contributed by atoms with E-state index in [4.69, 9.17) is 9.84 Å². The van der Waals surface area contributed by atoms with Gasteiger partial charge in [0, 0.05) is 0 Å². The summed E-state index contributed by atoms with van der Waals surface area (Å²) in [6.45, 7) is 0. The lowest BCUT2D eigenvalue weighted by Gasteiger charge is -2.33. The van der Waals surface area contributed by atoms with Crippen molar-refractivity contribution < 1.29 is 14.6 Å². The Bertz CT molecular complexity index is 476. The first-order chi connectivity index (χ1) is 7.75. The number of benzene rings is 1. The predicted molar refractivity (Wildman–Crippen MR) is 58.9 cm³/mol. The van der Waals surface area contributed by atoms with Crippen LogP contribution in [0.3, 0.4) is 0 Å². The summed E-state index contributed by atoms with van der Waals surface area (Å²) in [5.74, 6) is 0.0689. The number of hydrogen-bond acceptors (Lipinski definition) is 2. The average Bonchev–Trinajstić information content (AvgIpc) is 2.28.